The Morgan fingerprint density at radius 2 is 2.26 bits per heavy atom. The van der Waals surface area contributed by atoms with Crippen molar-refractivity contribution in [3.63, 3.8) is 0 Å². The summed E-state index contributed by atoms with van der Waals surface area (Å²) >= 11 is 0. The molecule has 1 fully saturated rings. The molecule has 1 aromatic carbocycles. The number of halogens is 1. The van der Waals surface area contributed by atoms with Crippen LogP contribution in [0.15, 0.2) is 12.1 Å². The molecule has 0 bridgehead atoms. The highest BCUT2D eigenvalue weighted by atomic mass is 19.1. The molecule has 19 heavy (non-hydrogen) atoms. The Morgan fingerprint density at radius 1 is 1.58 bits per heavy atom. The minimum absolute atomic E-state index is 0.00735. The van der Waals surface area contributed by atoms with E-state index in [1.54, 1.807) is 11.8 Å². The fourth-order valence-corrected chi connectivity index (χ4v) is 2.23. The SMILES string of the molecule is COc1cc(N2CCC(C)(O)C2)c(F)cc1[N+](=O)[O-]. The van der Waals surface area contributed by atoms with Gasteiger partial charge in [0.2, 0.25) is 0 Å². The summed E-state index contributed by atoms with van der Waals surface area (Å²) in [5.74, 6) is -0.682. The zero-order chi connectivity index (χ0) is 14.2. The zero-order valence-electron chi connectivity index (χ0n) is 10.7. The molecule has 1 aliphatic heterocycles. The number of hydrogen-bond acceptors (Lipinski definition) is 5. The van der Waals surface area contributed by atoms with Crippen LogP contribution in [0.4, 0.5) is 15.8 Å². The maximum Gasteiger partial charge on any atom is 0.313 e. The van der Waals surface area contributed by atoms with Gasteiger partial charge < -0.3 is 14.7 Å². The molecule has 1 N–H and O–H groups in total. The number of aliphatic hydroxyl groups is 1. The van der Waals surface area contributed by atoms with Crippen LogP contribution in [0.5, 0.6) is 5.75 Å². The predicted octanol–water partition coefficient (Wildman–Crippen LogP) is 1.70. The number of anilines is 1. The van der Waals surface area contributed by atoms with Gasteiger partial charge in [-0.15, -0.1) is 0 Å². The molecule has 7 heteroatoms. The lowest BCUT2D eigenvalue weighted by Crippen LogP contribution is -2.30. The third-order valence-corrected chi connectivity index (χ3v) is 3.24. The van der Waals surface area contributed by atoms with E-state index in [4.69, 9.17) is 4.74 Å². The van der Waals surface area contributed by atoms with E-state index in [1.165, 1.54) is 13.2 Å². The lowest BCUT2D eigenvalue weighted by atomic mass is 10.1. The fraction of sp³-hybridized carbons (Fsp3) is 0.500. The molecule has 0 aliphatic carbocycles. The van der Waals surface area contributed by atoms with Gasteiger partial charge in [-0.2, -0.15) is 0 Å². The third kappa shape index (κ3) is 2.60. The molecular weight excluding hydrogens is 255 g/mol. The van der Waals surface area contributed by atoms with Gasteiger partial charge in [-0.1, -0.05) is 0 Å². The molecule has 1 saturated heterocycles. The Labute approximate surface area is 109 Å². The minimum Gasteiger partial charge on any atom is -0.490 e. The quantitative estimate of drug-likeness (QED) is 0.668. The second kappa shape index (κ2) is 4.65. The molecule has 1 heterocycles. The number of nitro benzene ring substituents is 1. The first-order chi connectivity index (χ1) is 8.84. The van der Waals surface area contributed by atoms with Crippen LogP contribution in [0.1, 0.15) is 13.3 Å². The molecule has 6 nitrogen and oxygen atoms in total. The first-order valence-corrected chi connectivity index (χ1v) is 5.83. The molecule has 1 unspecified atom stereocenters. The highest BCUT2D eigenvalue weighted by Gasteiger charge is 2.33. The van der Waals surface area contributed by atoms with E-state index in [1.807, 2.05) is 0 Å². The standard InChI is InChI=1S/C12H15FN2O4/c1-12(16)3-4-14(7-12)9-6-11(19-2)10(15(17)18)5-8(9)13/h5-6,16H,3-4,7H2,1-2H3. The van der Waals surface area contributed by atoms with Crippen molar-refractivity contribution in [2.24, 2.45) is 0 Å². The van der Waals surface area contributed by atoms with E-state index >= 15 is 0 Å². The van der Waals surface area contributed by atoms with E-state index in [0.717, 1.165) is 6.07 Å². The van der Waals surface area contributed by atoms with Gasteiger partial charge in [0.25, 0.3) is 0 Å². The Hall–Kier alpha value is -1.89. The number of hydrogen-bond donors (Lipinski definition) is 1. The summed E-state index contributed by atoms with van der Waals surface area (Å²) in [6, 6.07) is 2.15. The van der Waals surface area contributed by atoms with E-state index < -0.39 is 22.0 Å². The van der Waals surface area contributed by atoms with Crippen LogP contribution in [0.25, 0.3) is 0 Å². The molecule has 2 rings (SSSR count). The summed E-state index contributed by atoms with van der Waals surface area (Å²) < 4.78 is 18.9. The topological polar surface area (TPSA) is 75.8 Å². The van der Waals surface area contributed by atoms with Crippen molar-refractivity contribution in [3.05, 3.63) is 28.1 Å². The Bertz CT molecular complexity index is 519. The average Bonchev–Trinajstić information content (AvgIpc) is 2.69. The smallest absolute Gasteiger partial charge is 0.313 e. The van der Waals surface area contributed by atoms with Gasteiger partial charge >= 0.3 is 5.69 Å². The minimum atomic E-state index is -0.874. The second-order valence-corrected chi connectivity index (χ2v) is 4.90. The van der Waals surface area contributed by atoms with Gasteiger partial charge in [-0.25, -0.2) is 4.39 Å². The zero-order valence-corrected chi connectivity index (χ0v) is 10.7. The highest BCUT2D eigenvalue weighted by Crippen LogP contribution is 2.36. The summed E-state index contributed by atoms with van der Waals surface area (Å²) in [6.07, 6.45) is 0.520. The van der Waals surface area contributed by atoms with Gasteiger partial charge in [-0.05, 0) is 13.3 Å². The van der Waals surface area contributed by atoms with Gasteiger partial charge in [0.05, 0.1) is 29.4 Å². The number of nitrogens with zero attached hydrogens (tertiary/aromatic N) is 2. The summed E-state index contributed by atoms with van der Waals surface area (Å²) in [5, 5.41) is 20.7. The van der Waals surface area contributed by atoms with Gasteiger partial charge in [0.15, 0.2) is 11.6 Å². The number of β-amino-alcohol motifs (C(OH)–C–C–N with tert-alkyl or cyclic N) is 1. The molecular formula is C12H15FN2O4. The average molecular weight is 270 g/mol. The van der Waals surface area contributed by atoms with Crippen molar-refractivity contribution in [2.45, 2.75) is 18.9 Å². The number of rotatable bonds is 3. The molecule has 1 atom stereocenters. The molecule has 0 saturated carbocycles. The van der Waals surface area contributed by atoms with Crippen molar-refractivity contribution >= 4 is 11.4 Å². The van der Waals surface area contributed by atoms with Crippen molar-refractivity contribution in [2.75, 3.05) is 25.1 Å². The lowest BCUT2D eigenvalue weighted by Gasteiger charge is -2.21. The molecule has 0 spiro atoms. The molecule has 1 aliphatic rings. The van der Waals surface area contributed by atoms with E-state index in [-0.39, 0.29) is 18.0 Å². The fourth-order valence-electron chi connectivity index (χ4n) is 2.23. The normalized spacial score (nSPS) is 22.6. The Morgan fingerprint density at radius 3 is 2.74 bits per heavy atom. The number of methoxy groups -OCH3 is 1. The Kier molecular flexibility index (Phi) is 3.32. The van der Waals surface area contributed by atoms with Crippen LogP contribution < -0.4 is 9.64 Å². The van der Waals surface area contributed by atoms with E-state index in [0.29, 0.717) is 13.0 Å². The molecule has 104 valence electrons. The highest BCUT2D eigenvalue weighted by molar-refractivity contribution is 5.61. The molecule has 0 radical (unpaired) electrons. The van der Waals surface area contributed by atoms with Crippen LogP contribution >= 0.6 is 0 Å². The summed E-state index contributed by atoms with van der Waals surface area (Å²) in [5.41, 5.74) is -1.07. The van der Waals surface area contributed by atoms with Crippen molar-refractivity contribution in [3.8, 4) is 5.75 Å². The van der Waals surface area contributed by atoms with Crippen LogP contribution in [0.2, 0.25) is 0 Å². The monoisotopic (exact) mass is 270 g/mol. The van der Waals surface area contributed by atoms with E-state index in [2.05, 4.69) is 0 Å². The maximum atomic E-state index is 13.9. The summed E-state index contributed by atoms with van der Waals surface area (Å²) in [6.45, 7) is 2.45. The van der Waals surface area contributed by atoms with Crippen LogP contribution in [0, 0.1) is 15.9 Å². The first kappa shape index (κ1) is 13.5. The van der Waals surface area contributed by atoms with Crippen molar-refractivity contribution in [1.29, 1.82) is 0 Å². The van der Waals surface area contributed by atoms with Gasteiger partial charge in [-0.3, -0.25) is 10.1 Å². The van der Waals surface area contributed by atoms with E-state index in [9.17, 15) is 19.6 Å². The first-order valence-electron chi connectivity index (χ1n) is 5.83. The third-order valence-electron chi connectivity index (χ3n) is 3.24. The van der Waals surface area contributed by atoms with Gasteiger partial charge in [0.1, 0.15) is 0 Å². The number of ether oxygens (including phenoxy) is 1. The summed E-state index contributed by atoms with van der Waals surface area (Å²) in [7, 11) is 1.30. The maximum absolute atomic E-state index is 13.9. The largest absolute Gasteiger partial charge is 0.490 e. The second-order valence-electron chi connectivity index (χ2n) is 4.90. The summed E-state index contributed by atoms with van der Waals surface area (Å²) in [4.78, 5) is 11.7. The molecule has 1 aromatic rings. The number of benzene rings is 1. The molecule has 0 amide bonds. The van der Waals surface area contributed by atoms with Crippen LogP contribution in [-0.4, -0.2) is 35.8 Å². The number of nitro groups is 1. The van der Waals surface area contributed by atoms with Crippen LogP contribution in [0.3, 0.4) is 0 Å². The predicted molar refractivity (Wildman–Crippen MR) is 67.1 cm³/mol. The van der Waals surface area contributed by atoms with Gasteiger partial charge in [0, 0.05) is 19.2 Å². The van der Waals surface area contributed by atoms with Crippen LogP contribution in [-0.2, 0) is 0 Å². The Balaban J connectivity index is 2.40. The lowest BCUT2D eigenvalue weighted by molar-refractivity contribution is -0.385. The van der Waals surface area contributed by atoms with Crippen molar-refractivity contribution < 1.29 is 19.2 Å². The van der Waals surface area contributed by atoms with Crippen molar-refractivity contribution in [1.82, 2.24) is 0 Å². The molecule has 0 aromatic heterocycles.